The van der Waals surface area contributed by atoms with Crippen molar-refractivity contribution in [2.24, 2.45) is 0 Å². The third-order valence-electron chi connectivity index (χ3n) is 0. The summed E-state index contributed by atoms with van der Waals surface area (Å²) >= 11 is 0. The van der Waals surface area contributed by atoms with E-state index >= 15 is 0 Å². The summed E-state index contributed by atoms with van der Waals surface area (Å²) in [5.74, 6) is 0. The van der Waals surface area contributed by atoms with Crippen LogP contribution in [0.2, 0.25) is 0 Å². The van der Waals surface area contributed by atoms with Gasteiger partial charge in [-0.3, -0.25) is 8.92 Å². The van der Waals surface area contributed by atoms with Gasteiger partial charge in [-0.1, -0.05) is 0 Å². The van der Waals surface area contributed by atoms with Crippen LogP contribution >= 0.6 is 0 Å². The maximum Gasteiger partial charge on any atom is 0.549 e. The summed E-state index contributed by atoms with van der Waals surface area (Å²) in [7, 11) is -1.42. The molecule has 0 aliphatic carbocycles. The zero-order valence-electron chi connectivity index (χ0n) is 1.69. The van der Waals surface area contributed by atoms with Crippen LogP contribution in [0.25, 0.3) is 0 Å². The van der Waals surface area contributed by atoms with Crippen LogP contribution in [0.4, 0.5) is 0 Å². The smallest absolute Gasteiger partial charge is 0.274 e. The van der Waals surface area contributed by atoms with E-state index in [9.17, 15) is 0 Å². The summed E-state index contributed by atoms with van der Waals surface area (Å²) in [6.45, 7) is 0. The standard InChI is InChI=1S/Eu.O2Si/c;1-3-2. The number of hydrogen-bond acceptors (Lipinski definition) is 2. The van der Waals surface area contributed by atoms with Crippen molar-refractivity contribution >= 4 is 9.29 Å². The second-order valence-electron chi connectivity index (χ2n) is 0.0833. The fourth-order valence-corrected chi connectivity index (χ4v) is 0. The minimum Gasteiger partial charge on any atom is -0.274 e. The molecule has 2 nitrogen and oxygen atoms in total. The first-order valence-corrected chi connectivity index (χ1v) is 1.22. The van der Waals surface area contributed by atoms with Gasteiger partial charge in [0.15, 0.2) is 0 Å². The SMILES string of the molecule is O=[Si]=O.[Eu]. The predicted molar refractivity (Wildman–Crippen MR) is 7.13 cm³/mol. The molecule has 4 heavy (non-hydrogen) atoms. The maximum atomic E-state index is 8.40. The molecule has 0 spiro atoms. The first-order valence-electron chi connectivity index (χ1n) is 0.408. The molecule has 0 heterocycles. The van der Waals surface area contributed by atoms with Crippen LogP contribution in [0.15, 0.2) is 0 Å². The molecule has 0 unspecified atom stereocenters. The van der Waals surface area contributed by atoms with E-state index in [1.165, 1.54) is 0 Å². The first kappa shape index (κ1) is 9.04. The summed E-state index contributed by atoms with van der Waals surface area (Å²) in [6, 6.07) is 0. The Labute approximate surface area is 66.4 Å². The van der Waals surface area contributed by atoms with Crippen molar-refractivity contribution in [1.29, 1.82) is 0 Å². The summed E-state index contributed by atoms with van der Waals surface area (Å²) in [5.41, 5.74) is 0. The Morgan fingerprint density at radius 2 is 1.25 bits per heavy atom. The zero-order chi connectivity index (χ0) is 2.71. The molecule has 0 aliphatic heterocycles. The molecule has 0 saturated carbocycles. The van der Waals surface area contributed by atoms with E-state index < -0.39 is 9.29 Å². The molecule has 1 radical (unpaired) electrons. The third kappa shape index (κ3) is 9.99. The van der Waals surface area contributed by atoms with Crippen molar-refractivity contribution in [3.05, 3.63) is 0 Å². The molecule has 0 aliphatic rings. The van der Waals surface area contributed by atoms with Crippen LogP contribution in [0.3, 0.4) is 0 Å². The summed E-state index contributed by atoms with van der Waals surface area (Å²) < 4.78 is 16.8. The van der Waals surface area contributed by atoms with Gasteiger partial charge in [-0.2, -0.15) is 0 Å². The Kier molecular flexibility index (Phi) is 20.0. The molecule has 0 atom stereocenters. The van der Waals surface area contributed by atoms with E-state index in [1.54, 1.807) is 0 Å². The van der Waals surface area contributed by atoms with Crippen LogP contribution < -0.4 is 0 Å². The van der Waals surface area contributed by atoms with Gasteiger partial charge in [-0.25, -0.2) is 0 Å². The van der Waals surface area contributed by atoms with Gasteiger partial charge in [0, 0.05) is 49.4 Å². The normalized spacial score (nSPS) is 2.00. The van der Waals surface area contributed by atoms with E-state index in [2.05, 4.69) is 0 Å². The molecule has 0 aromatic rings. The Morgan fingerprint density at radius 1 is 1.25 bits per heavy atom. The van der Waals surface area contributed by atoms with E-state index in [1.807, 2.05) is 0 Å². The molecule has 0 aromatic carbocycles. The molecular formula is EuO2Si. The third-order valence-corrected chi connectivity index (χ3v) is 0. The van der Waals surface area contributed by atoms with Crippen molar-refractivity contribution in [2.45, 2.75) is 0 Å². The van der Waals surface area contributed by atoms with E-state index in [0.29, 0.717) is 0 Å². The Hall–Kier alpha value is 1.40. The van der Waals surface area contributed by atoms with Crippen LogP contribution in [0, 0.1) is 49.4 Å². The van der Waals surface area contributed by atoms with Gasteiger partial charge >= 0.3 is 9.29 Å². The minimum absolute atomic E-state index is 0. The van der Waals surface area contributed by atoms with Gasteiger partial charge in [0.25, 0.3) is 0 Å². The van der Waals surface area contributed by atoms with Crippen LogP contribution in [-0.4, -0.2) is 9.29 Å². The van der Waals surface area contributed by atoms with Crippen LogP contribution in [-0.2, 0) is 8.92 Å². The van der Waals surface area contributed by atoms with Crippen molar-refractivity contribution in [3.63, 3.8) is 0 Å². The molecule has 0 bridgehead atoms. The fourth-order valence-electron chi connectivity index (χ4n) is 0. The van der Waals surface area contributed by atoms with Crippen molar-refractivity contribution in [2.75, 3.05) is 0 Å². The maximum absolute atomic E-state index is 8.40. The second-order valence-corrected chi connectivity index (χ2v) is 0.250. The minimum atomic E-state index is -1.42. The second kappa shape index (κ2) is 8.83. The molecule has 0 fully saturated rings. The summed E-state index contributed by atoms with van der Waals surface area (Å²) in [5, 5.41) is 0. The number of rotatable bonds is 0. The Bertz CT molecular complexity index is 27.0. The molecule has 0 amide bonds. The first-order chi connectivity index (χ1) is 1.41. The largest absolute Gasteiger partial charge is 0.549 e. The van der Waals surface area contributed by atoms with Gasteiger partial charge < -0.3 is 0 Å². The average molecular weight is 212 g/mol. The topological polar surface area (TPSA) is 34.1 Å². The molecule has 0 N–H and O–H groups in total. The number of hydrogen-bond donors (Lipinski definition) is 0. The molecule has 0 rings (SSSR count). The van der Waals surface area contributed by atoms with Gasteiger partial charge in [0.05, 0.1) is 0 Å². The monoisotopic (exact) mass is 213 g/mol. The zero-order valence-corrected chi connectivity index (χ0v) is 5.12. The van der Waals surface area contributed by atoms with Crippen molar-refractivity contribution in [3.8, 4) is 0 Å². The predicted octanol–water partition coefficient (Wildman–Crippen LogP) is -0.618. The molecular weight excluding hydrogens is 212 g/mol. The van der Waals surface area contributed by atoms with Crippen molar-refractivity contribution < 1.29 is 58.3 Å². The van der Waals surface area contributed by atoms with E-state index in [-0.39, 0.29) is 49.4 Å². The average Bonchev–Trinajstić information content (AvgIpc) is 0.918. The molecule has 23 valence electrons. The quantitative estimate of drug-likeness (QED) is 0.501. The Balaban J connectivity index is 0. The van der Waals surface area contributed by atoms with Crippen LogP contribution in [0.5, 0.6) is 0 Å². The van der Waals surface area contributed by atoms with E-state index in [0.717, 1.165) is 0 Å². The van der Waals surface area contributed by atoms with Gasteiger partial charge in [-0.05, 0) is 0 Å². The van der Waals surface area contributed by atoms with Crippen LogP contribution in [0.1, 0.15) is 0 Å². The molecule has 0 aromatic heterocycles. The fraction of sp³-hybridized carbons (Fsp3) is 0. The van der Waals surface area contributed by atoms with Gasteiger partial charge in [0.2, 0.25) is 0 Å². The van der Waals surface area contributed by atoms with Crippen molar-refractivity contribution in [1.82, 2.24) is 0 Å². The van der Waals surface area contributed by atoms with Gasteiger partial charge in [-0.15, -0.1) is 0 Å². The summed E-state index contributed by atoms with van der Waals surface area (Å²) in [6.07, 6.45) is 0. The van der Waals surface area contributed by atoms with E-state index in [4.69, 9.17) is 8.92 Å². The Morgan fingerprint density at radius 3 is 1.25 bits per heavy atom. The van der Waals surface area contributed by atoms with Gasteiger partial charge in [0.1, 0.15) is 0 Å². The molecule has 4 heteroatoms. The molecule has 0 saturated heterocycles. The summed E-state index contributed by atoms with van der Waals surface area (Å²) in [4.78, 5) is 0.